The smallest absolute Gasteiger partial charge is 0.266 e. The SMILES string of the molecule is O=c1c2ccccc2nc(SCc2ccc(Cl)cc2Cl)n1-c1ccc(Br)cc1. The van der Waals surface area contributed by atoms with Crippen molar-refractivity contribution in [2.45, 2.75) is 10.9 Å². The molecule has 0 fully saturated rings. The van der Waals surface area contributed by atoms with Crippen LogP contribution in [-0.2, 0) is 5.75 Å². The molecule has 1 heterocycles. The summed E-state index contributed by atoms with van der Waals surface area (Å²) in [5.41, 5.74) is 2.26. The maximum Gasteiger partial charge on any atom is 0.266 e. The summed E-state index contributed by atoms with van der Waals surface area (Å²) < 4.78 is 2.59. The molecule has 0 aliphatic rings. The molecule has 7 heteroatoms. The highest BCUT2D eigenvalue weighted by Gasteiger charge is 2.14. The minimum Gasteiger partial charge on any atom is -0.268 e. The van der Waals surface area contributed by atoms with E-state index in [9.17, 15) is 4.79 Å². The zero-order valence-electron chi connectivity index (χ0n) is 14.4. The summed E-state index contributed by atoms with van der Waals surface area (Å²) >= 11 is 17.2. The van der Waals surface area contributed by atoms with Crippen LogP contribution >= 0.6 is 50.9 Å². The number of fused-ring (bicyclic) bond motifs is 1. The highest BCUT2D eigenvalue weighted by molar-refractivity contribution is 9.10. The van der Waals surface area contributed by atoms with E-state index in [1.54, 1.807) is 22.8 Å². The van der Waals surface area contributed by atoms with Gasteiger partial charge in [0.25, 0.3) is 5.56 Å². The summed E-state index contributed by atoms with van der Waals surface area (Å²) in [5.74, 6) is 0.567. The summed E-state index contributed by atoms with van der Waals surface area (Å²) in [6.07, 6.45) is 0. The quantitative estimate of drug-likeness (QED) is 0.234. The van der Waals surface area contributed by atoms with Crippen LogP contribution in [0.2, 0.25) is 10.0 Å². The third-order valence-corrected chi connectivity index (χ3v) is 6.30. The Morgan fingerprint density at radius 1 is 1.00 bits per heavy atom. The van der Waals surface area contributed by atoms with Crippen LogP contribution < -0.4 is 5.56 Å². The number of aromatic nitrogens is 2. The number of benzene rings is 3. The maximum atomic E-state index is 13.2. The molecule has 1 aromatic heterocycles. The highest BCUT2D eigenvalue weighted by atomic mass is 79.9. The minimum absolute atomic E-state index is 0.0994. The van der Waals surface area contributed by atoms with Gasteiger partial charge in [0.2, 0.25) is 0 Å². The summed E-state index contributed by atoms with van der Waals surface area (Å²) in [6, 6.07) is 20.4. The molecule has 0 bridgehead atoms. The Morgan fingerprint density at radius 3 is 2.50 bits per heavy atom. The zero-order chi connectivity index (χ0) is 19.7. The van der Waals surface area contributed by atoms with Gasteiger partial charge in [0.1, 0.15) is 0 Å². The van der Waals surface area contributed by atoms with Gasteiger partial charge in [-0.25, -0.2) is 4.98 Å². The molecule has 3 nitrogen and oxygen atoms in total. The largest absolute Gasteiger partial charge is 0.268 e. The Morgan fingerprint density at radius 2 is 1.75 bits per heavy atom. The lowest BCUT2D eigenvalue weighted by atomic mass is 10.2. The molecule has 0 radical (unpaired) electrons. The van der Waals surface area contributed by atoms with Crippen LogP contribution in [0, 0.1) is 0 Å². The molecular formula is C21H13BrCl2N2OS. The van der Waals surface area contributed by atoms with Crippen molar-refractivity contribution in [2.75, 3.05) is 0 Å². The van der Waals surface area contributed by atoms with Gasteiger partial charge in [0.15, 0.2) is 5.16 Å². The molecule has 4 rings (SSSR count). The number of rotatable bonds is 4. The van der Waals surface area contributed by atoms with Crippen molar-refractivity contribution in [3.63, 3.8) is 0 Å². The van der Waals surface area contributed by atoms with Gasteiger partial charge in [0, 0.05) is 20.3 Å². The van der Waals surface area contributed by atoms with Gasteiger partial charge in [-0.05, 0) is 54.1 Å². The number of hydrogen-bond acceptors (Lipinski definition) is 3. The fraction of sp³-hybridized carbons (Fsp3) is 0.0476. The lowest BCUT2D eigenvalue weighted by molar-refractivity contribution is 0.819. The number of halogens is 3. The molecule has 0 unspecified atom stereocenters. The fourth-order valence-electron chi connectivity index (χ4n) is 2.81. The van der Waals surface area contributed by atoms with Gasteiger partial charge < -0.3 is 0 Å². The average molecular weight is 492 g/mol. The van der Waals surface area contributed by atoms with Crippen molar-refractivity contribution >= 4 is 61.8 Å². The third-order valence-electron chi connectivity index (χ3n) is 4.20. The van der Waals surface area contributed by atoms with Crippen LogP contribution in [0.3, 0.4) is 0 Å². The Labute approximate surface area is 184 Å². The molecular weight excluding hydrogens is 479 g/mol. The van der Waals surface area contributed by atoms with E-state index in [0.29, 0.717) is 31.9 Å². The van der Waals surface area contributed by atoms with Crippen LogP contribution in [-0.4, -0.2) is 9.55 Å². The van der Waals surface area contributed by atoms with Crippen LogP contribution in [0.1, 0.15) is 5.56 Å². The van der Waals surface area contributed by atoms with E-state index in [1.807, 2.05) is 48.5 Å². The monoisotopic (exact) mass is 490 g/mol. The molecule has 0 spiro atoms. The molecule has 3 aromatic carbocycles. The van der Waals surface area contributed by atoms with Gasteiger partial charge in [0.05, 0.1) is 16.6 Å². The first-order chi connectivity index (χ1) is 13.5. The molecule has 0 amide bonds. The van der Waals surface area contributed by atoms with E-state index in [2.05, 4.69) is 15.9 Å². The number of thioether (sulfide) groups is 1. The minimum atomic E-state index is -0.0994. The van der Waals surface area contributed by atoms with Crippen molar-refractivity contribution in [3.8, 4) is 5.69 Å². The molecule has 0 saturated heterocycles. The highest BCUT2D eigenvalue weighted by Crippen LogP contribution is 2.29. The summed E-state index contributed by atoms with van der Waals surface area (Å²) in [6.45, 7) is 0. The molecule has 0 saturated carbocycles. The predicted octanol–water partition coefficient (Wildman–Crippen LogP) is 6.75. The lowest BCUT2D eigenvalue weighted by Gasteiger charge is -2.14. The van der Waals surface area contributed by atoms with Gasteiger partial charge in [-0.3, -0.25) is 9.36 Å². The number of nitrogens with zero attached hydrogens (tertiary/aromatic N) is 2. The van der Waals surface area contributed by atoms with E-state index in [0.717, 1.165) is 15.7 Å². The van der Waals surface area contributed by atoms with Crippen molar-refractivity contribution < 1.29 is 0 Å². The molecule has 0 atom stereocenters. The van der Waals surface area contributed by atoms with E-state index in [4.69, 9.17) is 28.2 Å². The topological polar surface area (TPSA) is 34.9 Å². The Balaban J connectivity index is 1.82. The van der Waals surface area contributed by atoms with Crippen LogP contribution in [0.15, 0.2) is 81.2 Å². The number of para-hydroxylation sites is 1. The van der Waals surface area contributed by atoms with Crippen LogP contribution in [0.25, 0.3) is 16.6 Å². The van der Waals surface area contributed by atoms with Crippen molar-refractivity contribution in [1.29, 1.82) is 0 Å². The lowest BCUT2D eigenvalue weighted by Crippen LogP contribution is -2.21. The van der Waals surface area contributed by atoms with E-state index >= 15 is 0 Å². The summed E-state index contributed by atoms with van der Waals surface area (Å²) in [7, 11) is 0. The molecule has 0 aliphatic carbocycles. The Kier molecular flexibility index (Phi) is 5.78. The second kappa shape index (κ2) is 8.29. The molecule has 4 aromatic rings. The number of hydrogen-bond donors (Lipinski definition) is 0. The van der Waals surface area contributed by atoms with Gasteiger partial charge in [-0.1, -0.05) is 69.1 Å². The van der Waals surface area contributed by atoms with Gasteiger partial charge in [-0.15, -0.1) is 0 Å². The third kappa shape index (κ3) is 3.98. The maximum absolute atomic E-state index is 13.2. The molecule has 0 N–H and O–H groups in total. The molecule has 0 aliphatic heterocycles. The first kappa shape index (κ1) is 19.5. The Hall–Kier alpha value is -1.79. The van der Waals surface area contributed by atoms with E-state index in [-0.39, 0.29) is 5.56 Å². The molecule has 140 valence electrons. The average Bonchev–Trinajstić information content (AvgIpc) is 2.68. The van der Waals surface area contributed by atoms with Crippen molar-refractivity contribution in [3.05, 3.63) is 97.2 Å². The second-order valence-corrected chi connectivity index (χ2v) is 8.75. The zero-order valence-corrected chi connectivity index (χ0v) is 18.3. The summed E-state index contributed by atoms with van der Waals surface area (Å²) in [4.78, 5) is 18.0. The van der Waals surface area contributed by atoms with Gasteiger partial charge >= 0.3 is 0 Å². The normalized spacial score (nSPS) is 11.1. The van der Waals surface area contributed by atoms with Gasteiger partial charge in [-0.2, -0.15) is 0 Å². The van der Waals surface area contributed by atoms with Crippen molar-refractivity contribution in [2.24, 2.45) is 0 Å². The standard InChI is InChI=1S/C21H13BrCl2N2OS/c22-14-6-9-16(10-7-14)26-20(27)17-3-1-2-4-19(17)25-21(26)28-12-13-5-8-15(23)11-18(13)24/h1-11H,12H2. The Bertz CT molecular complexity index is 1230. The van der Waals surface area contributed by atoms with Crippen molar-refractivity contribution in [1.82, 2.24) is 9.55 Å². The fourth-order valence-corrected chi connectivity index (χ4v) is 4.64. The predicted molar refractivity (Wildman–Crippen MR) is 121 cm³/mol. The first-order valence-corrected chi connectivity index (χ1v) is 10.9. The molecule has 28 heavy (non-hydrogen) atoms. The summed E-state index contributed by atoms with van der Waals surface area (Å²) in [5, 5.41) is 2.38. The van der Waals surface area contributed by atoms with Crippen LogP contribution in [0.5, 0.6) is 0 Å². The van der Waals surface area contributed by atoms with E-state index < -0.39 is 0 Å². The second-order valence-electron chi connectivity index (χ2n) is 6.05. The van der Waals surface area contributed by atoms with E-state index in [1.165, 1.54) is 11.8 Å². The first-order valence-electron chi connectivity index (χ1n) is 8.37. The van der Waals surface area contributed by atoms with Crippen LogP contribution in [0.4, 0.5) is 0 Å².